The number of nitrogens with one attached hydrogen (secondary N) is 1. The summed E-state index contributed by atoms with van der Waals surface area (Å²) in [5.74, 6) is 0.722. The zero-order valence-electron chi connectivity index (χ0n) is 22.5. The van der Waals surface area contributed by atoms with E-state index in [1.807, 2.05) is 35.0 Å². The monoisotopic (exact) mass is 536 g/mol. The van der Waals surface area contributed by atoms with Gasteiger partial charge in [0.05, 0.1) is 22.4 Å². The van der Waals surface area contributed by atoms with E-state index >= 15 is 0 Å². The lowest BCUT2D eigenvalue weighted by molar-refractivity contribution is -0.123. The molecule has 6 nitrogen and oxygen atoms in total. The smallest absolute Gasteiger partial charge is 0.240 e. The van der Waals surface area contributed by atoms with Crippen LogP contribution < -0.4 is 10.2 Å². The molecule has 2 amide bonds. The molecule has 2 aliphatic rings. The van der Waals surface area contributed by atoms with E-state index in [0.717, 1.165) is 57.6 Å². The van der Waals surface area contributed by atoms with Crippen LogP contribution in [0, 0.1) is 20.8 Å². The predicted molar refractivity (Wildman–Crippen MR) is 157 cm³/mol. The molecule has 1 aliphatic heterocycles. The van der Waals surface area contributed by atoms with Crippen LogP contribution in [0.3, 0.4) is 0 Å². The molecule has 0 spiro atoms. The van der Waals surface area contributed by atoms with Crippen LogP contribution in [0.2, 0.25) is 0 Å². The number of aromatic nitrogens is 2. The number of hydrogen-bond acceptors (Lipinski definition) is 4. The molecule has 2 heterocycles. The molecule has 0 unspecified atom stereocenters. The van der Waals surface area contributed by atoms with Crippen LogP contribution in [0.4, 0.5) is 5.82 Å². The predicted octanol–water partition coefficient (Wildman–Crippen LogP) is 5.91. The van der Waals surface area contributed by atoms with Gasteiger partial charge in [0.15, 0.2) is 0 Å². The van der Waals surface area contributed by atoms with Crippen LogP contribution in [0.15, 0.2) is 72.8 Å². The third-order valence-electron chi connectivity index (χ3n) is 7.53. The average molecular weight is 537 g/mol. The summed E-state index contributed by atoms with van der Waals surface area (Å²) in [6.45, 7) is 6.21. The Morgan fingerprint density at radius 3 is 2.51 bits per heavy atom. The van der Waals surface area contributed by atoms with Crippen molar-refractivity contribution in [3.63, 3.8) is 0 Å². The summed E-state index contributed by atoms with van der Waals surface area (Å²) in [7, 11) is 0. The highest BCUT2D eigenvalue weighted by Gasteiger charge is 2.38. The molecule has 1 aromatic heterocycles. The zero-order chi connectivity index (χ0) is 27.1. The van der Waals surface area contributed by atoms with Crippen molar-refractivity contribution in [2.75, 3.05) is 17.2 Å². The molecule has 7 heteroatoms. The Morgan fingerprint density at radius 1 is 1.00 bits per heavy atom. The van der Waals surface area contributed by atoms with Gasteiger partial charge >= 0.3 is 0 Å². The molecular formula is C32H32N4O2S. The van der Waals surface area contributed by atoms with Gasteiger partial charge in [-0.3, -0.25) is 14.5 Å². The lowest BCUT2D eigenvalue weighted by Gasteiger charge is -2.24. The second-order valence-corrected chi connectivity index (χ2v) is 11.6. The molecule has 0 bridgehead atoms. The van der Waals surface area contributed by atoms with Crippen LogP contribution in [0.25, 0.3) is 16.9 Å². The molecule has 1 fully saturated rings. The van der Waals surface area contributed by atoms with Gasteiger partial charge in [-0.15, -0.1) is 11.8 Å². The van der Waals surface area contributed by atoms with E-state index in [4.69, 9.17) is 5.10 Å². The Bertz CT molecular complexity index is 1560. The van der Waals surface area contributed by atoms with Gasteiger partial charge in [0.2, 0.25) is 11.8 Å². The molecule has 6 rings (SSSR count). The number of anilines is 1. The van der Waals surface area contributed by atoms with Crippen LogP contribution >= 0.6 is 11.8 Å². The minimum Gasteiger partial charge on any atom is -0.352 e. The minimum absolute atomic E-state index is 0.0335. The summed E-state index contributed by atoms with van der Waals surface area (Å²) >= 11 is 1.60. The number of aryl methyl sites for hydroxylation is 2. The summed E-state index contributed by atoms with van der Waals surface area (Å²) in [6, 6.07) is 25.0. The van der Waals surface area contributed by atoms with E-state index in [1.54, 1.807) is 16.7 Å². The Morgan fingerprint density at radius 2 is 1.77 bits per heavy atom. The highest BCUT2D eigenvalue weighted by molar-refractivity contribution is 8.00. The van der Waals surface area contributed by atoms with E-state index in [2.05, 4.69) is 68.6 Å². The Hall–Kier alpha value is -3.84. The molecule has 1 aliphatic carbocycles. The summed E-state index contributed by atoms with van der Waals surface area (Å²) in [6.07, 6.45) is 1.99. The second-order valence-electron chi connectivity index (χ2n) is 10.5. The first-order chi connectivity index (χ1) is 18.9. The molecule has 1 N–H and O–H groups in total. The molecular weight excluding hydrogens is 504 g/mol. The lowest BCUT2D eigenvalue weighted by atomic mass is 9.98. The third-order valence-corrected chi connectivity index (χ3v) is 8.78. The molecule has 0 radical (unpaired) electrons. The quantitative estimate of drug-likeness (QED) is 0.333. The van der Waals surface area contributed by atoms with E-state index in [9.17, 15) is 9.59 Å². The fourth-order valence-corrected chi connectivity index (χ4v) is 6.39. The number of carbonyl (C=O) groups is 2. The van der Waals surface area contributed by atoms with Gasteiger partial charge in [0, 0.05) is 17.2 Å². The van der Waals surface area contributed by atoms with E-state index < -0.39 is 0 Å². The van der Waals surface area contributed by atoms with Crippen molar-refractivity contribution in [2.45, 2.75) is 44.9 Å². The molecule has 39 heavy (non-hydrogen) atoms. The maximum Gasteiger partial charge on any atom is 0.240 e. The van der Waals surface area contributed by atoms with Crippen molar-refractivity contribution in [3.05, 3.63) is 101 Å². The largest absolute Gasteiger partial charge is 0.352 e. The average Bonchev–Trinajstić information content (AvgIpc) is 3.68. The summed E-state index contributed by atoms with van der Waals surface area (Å²) in [5.41, 5.74) is 8.18. The number of hydrogen-bond donors (Lipinski definition) is 1. The van der Waals surface area contributed by atoms with Crippen LogP contribution in [0.1, 0.15) is 45.9 Å². The summed E-state index contributed by atoms with van der Waals surface area (Å²) in [4.78, 5) is 28.6. The number of benzene rings is 3. The van der Waals surface area contributed by atoms with E-state index in [1.165, 1.54) is 0 Å². The molecule has 198 valence electrons. The van der Waals surface area contributed by atoms with Gasteiger partial charge in [-0.25, -0.2) is 4.68 Å². The zero-order valence-corrected chi connectivity index (χ0v) is 23.3. The van der Waals surface area contributed by atoms with E-state index in [0.29, 0.717) is 5.82 Å². The fraction of sp³-hybridized carbons (Fsp3) is 0.281. The van der Waals surface area contributed by atoms with Crippen molar-refractivity contribution in [1.82, 2.24) is 15.1 Å². The SMILES string of the molecule is Cc1cccc([C@@H]2SCC(=O)N(CC(=O)NC3CC3)c3c2c(-c2ccccc2)nn3-c2cccc(C)c2C)c1. The molecule has 1 atom stereocenters. The van der Waals surface area contributed by atoms with Crippen molar-refractivity contribution in [2.24, 2.45) is 0 Å². The van der Waals surface area contributed by atoms with Gasteiger partial charge in [-0.05, 0) is 56.4 Å². The highest BCUT2D eigenvalue weighted by Crippen LogP contribution is 2.48. The molecule has 3 aromatic carbocycles. The standard InChI is InChI=1S/C32H32N4O2S/c1-20-9-7-13-24(17-20)31-29-30(23-11-5-4-6-12-23)34-36(26-14-8-10-21(2)22(26)3)32(29)35(28(38)19-39-31)18-27(37)33-25-15-16-25/h4-14,17,25,31H,15-16,18-19H2,1-3H3,(H,33,37)/t31-/m0/s1. The maximum absolute atomic E-state index is 13.8. The number of carbonyl (C=O) groups excluding carboxylic acids is 2. The highest BCUT2D eigenvalue weighted by atomic mass is 32.2. The topological polar surface area (TPSA) is 67.2 Å². The normalized spacial score (nSPS) is 17.1. The molecule has 0 saturated heterocycles. The Kier molecular flexibility index (Phi) is 6.77. The fourth-order valence-electron chi connectivity index (χ4n) is 5.20. The molecule has 4 aromatic rings. The van der Waals surface area contributed by atoms with E-state index in [-0.39, 0.29) is 35.4 Å². The van der Waals surface area contributed by atoms with Crippen molar-refractivity contribution < 1.29 is 9.59 Å². The van der Waals surface area contributed by atoms with Gasteiger partial charge in [-0.1, -0.05) is 72.3 Å². The van der Waals surface area contributed by atoms with Gasteiger partial charge in [0.1, 0.15) is 12.4 Å². The maximum atomic E-state index is 13.8. The van der Waals surface area contributed by atoms with Gasteiger partial charge in [0.25, 0.3) is 0 Å². The van der Waals surface area contributed by atoms with Gasteiger partial charge < -0.3 is 5.32 Å². The summed E-state index contributed by atoms with van der Waals surface area (Å²) < 4.78 is 1.90. The number of thioether (sulfide) groups is 1. The second kappa shape index (κ2) is 10.4. The number of rotatable bonds is 6. The lowest BCUT2D eigenvalue weighted by Crippen LogP contribution is -2.43. The van der Waals surface area contributed by atoms with Gasteiger partial charge in [-0.2, -0.15) is 5.10 Å². The van der Waals surface area contributed by atoms with Crippen molar-refractivity contribution >= 4 is 29.4 Å². The van der Waals surface area contributed by atoms with Crippen LogP contribution in [-0.2, 0) is 9.59 Å². The number of nitrogens with zero attached hydrogens (tertiary/aromatic N) is 3. The first-order valence-electron chi connectivity index (χ1n) is 13.4. The number of fused-ring (bicyclic) bond motifs is 1. The Labute approximate surface area is 233 Å². The Balaban J connectivity index is 1.63. The molecule has 1 saturated carbocycles. The first-order valence-corrected chi connectivity index (χ1v) is 14.5. The van der Waals surface area contributed by atoms with Crippen LogP contribution in [-0.4, -0.2) is 39.9 Å². The van der Waals surface area contributed by atoms with Crippen molar-refractivity contribution in [1.29, 1.82) is 0 Å². The third kappa shape index (κ3) is 4.99. The van der Waals surface area contributed by atoms with Crippen molar-refractivity contribution in [3.8, 4) is 16.9 Å². The summed E-state index contributed by atoms with van der Waals surface area (Å²) in [5, 5.41) is 8.16. The van der Waals surface area contributed by atoms with Crippen LogP contribution in [0.5, 0.6) is 0 Å². The first kappa shape index (κ1) is 25.4. The number of amides is 2. The minimum atomic E-state index is -0.134.